The van der Waals surface area contributed by atoms with Gasteiger partial charge in [-0.15, -0.1) is 0 Å². The van der Waals surface area contributed by atoms with E-state index < -0.39 is 46.8 Å². The third-order valence-electron chi connectivity index (χ3n) is 2.16. The number of alkyl halides is 6. The quantitative estimate of drug-likeness (QED) is 0.830. The Labute approximate surface area is 110 Å². The Kier molecular flexibility index (Phi) is 4.35. The van der Waals surface area contributed by atoms with E-state index in [4.69, 9.17) is 5.11 Å². The van der Waals surface area contributed by atoms with Gasteiger partial charge in [0.05, 0.1) is 16.6 Å². The molecule has 1 heterocycles. The lowest BCUT2D eigenvalue weighted by atomic mass is 10.2. The van der Waals surface area contributed by atoms with Crippen molar-refractivity contribution in [2.45, 2.75) is 18.9 Å². The zero-order valence-corrected chi connectivity index (χ0v) is 10.5. The van der Waals surface area contributed by atoms with Crippen molar-refractivity contribution >= 4 is 15.9 Å². The summed E-state index contributed by atoms with van der Waals surface area (Å²) >= 11 is 2.34. The van der Waals surface area contributed by atoms with Gasteiger partial charge in [-0.25, -0.2) is 0 Å². The summed E-state index contributed by atoms with van der Waals surface area (Å²) in [6.07, 6.45) is -10.2. The van der Waals surface area contributed by atoms with E-state index in [0.717, 1.165) is 0 Å². The van der Waals surface area contributed by atoms with Gasteiger partial charge in [0.25, 0.3) is 5.56 Å². The van der Waals surface area contributed by atoms with Gasteiger partial charge in [-0.05, 0) is 22.0 Å². The Bertz CT molecular complexity index is 533. The molecule has 0 atom stereocenters. The zero-order valence-electron chi connectivity index (χ0n) is 8.94. The van der Waals surface area contributed by atoms with Gasteiger partial charge in [-0.3, -0.25) is 4.79 Å². The van der Waals surface area contributed by atoms with Gasteiger partial charge in [0, 0.05) is 6.54 Å². The average molecular weight is 354 g/mol. The Balaban J connectivity index is 3.70. The maximum atomic E-state index is 12.6. The van der Waals surface area contributed by atoms with Gasteiger partial charge in [-0.1, -0.05) is 0 Å². The molecule has 1 N–H and O–H groups in total. The molecule has 1 aromatic rings. The fourth-order valence-electron chi connectivity index (χ4n) is 1.38. The summed E-state index contributed by atoms with van der Waals surface area (Å²) < 4.78 is 74.5. The molecule has 0 fully saturated rings. The first kappa shape index (κ1) is 16.0. The predicted octanol–water partition coefficient (Wildman–Crippen LogP) is 2.64. The summed E-state index contributed by atoms with van der Waals surface area (Å²) in [4.78, 5) is 11.5. The second-order valence-corrected chi connectivity index (χ2v) is 4.23. The predicted molar refractivity (Wildman–Crippen MR) is 55.5 cm³/mol. The van der Waals surface area contributed by atoms with Crippen LogP contribution < -0.4 is 5.56 Å². The fraction of sp³-hybridized carbons (Fsp3) is 0.444. The van der Waals surface area contributed by atoms with E-state index >= 15 is 0 Å². The molecule has 0 aromatic carbocycles. The number of nitrogens with zero attached hydrogens (tertiary/aromatic N) is 1. The first-order valence-electron chi connectivity index (χ1n) is 4.68. The van der Waals surface area contributed by atoms with Crippen molar-refractivity contribution in [3.8, 4) is 0 Å². The fourth-order valence-corrected chi connectivity index (χ4v) is 1.94. The maximum Gasteiger partial charge on any atom is 0.431 e. The van der Waals surface area contributed by atoms with E-state index in [9.17, 15) is 31.1 Å². The first-order chi connectivity index (χ1) is 8.50. The molecule has 0 radical (unpaired) electrons. The number of hydrogen-bond acceptors (Lipinski definition) is 2. The van der Waals surface area contributed by atoms with Crippen LogP contribution in [-0.4, -0.2) is 16.3 Å². The van der Waals surface area contributed by atoms with E-state index in [1.54, 1.807) is 0 Å². The van der Waals surface area contributed by atoms with Crippen LogP contribution in [0.15, 0.2) is 15.3 Å². The van der Waals surface area contributed by atoms with Crippen molar-refractivity contribution in [3.05, 3.63) is 32.2 Å². The first-order valence-corrected chi connectivity index (χ1v) is 5.48. The lowest BCUT2D eigenvalue weighted by molar-refractivity contribution is -0.148. The Morgan fingerprint density at radius 2 is 1.68 bits per heavy atom. The molecule has 0 unspecified atom stereocenters. The highest BCUT2D eigenvalue weighted by atomic mass is 79.9. The van der Waals surface area contributed by atoms with Gasteiger partial charge in [0.15, 0.2) is 0 Å². The van der Waals surface area contributed by atoms with Crippen molar-refractivity contribution in [2.75, 3.05) is 6.61 Å². The Hall–Kier alpha value is -1.03. The van der Waals surface area contributed by atoms with Crippen LogP contribution in [0.5, 0.6) is 0 Å². The largest absolute Gasteiger partial charge is 0.431 e. The number of aliphatic hydroxyl groups excluding tert-OH is 1. The van der Waals surface area contributed by atoms with E-state index in [1.807, 2.05) is 0 Å². The summed E-state index contributed by atoms with van der Waals surface area (Å²) in [5.41, 5.74) is -4.97. The van der Waals surface area contributed by atoms with Crippen LogP contribution in [0.4, 0.5) is 26.3 Å². The number of aliphatic hydroxyl groups is 1. The minimum Gasteiger partial charge on any atom is -0.395 e. The third-order valence-corrected chi connectivity index (χ3v) is 2.93. The Morgan fingerprint density at radius 1 is 1.16 bits per heavy atom. The number of hydrogen-bond donors (Lipinski definition) is 1. The normalized spacial score (nSPS) is 12.8. The summed E-state index contributed by atoms with van der Waals surface area (Å²) in [5.74, 6) is 0. The molecule has 19 heavy (non-hydrogen) atoms. The van der Waals surface area contributed by atoms with Crippen molar-refractivity contribution in [3.63, 3.8) is 0 Å². The number of aromatic nitrogens is 1. The maximum absolute atomic E-state index is 12.6. The smallest absolute Gasteiger partial charge is 0.395 e. The highest BCUT2D eigenvalue weighted by molar-refractivity contribution is 9.10. The van der Waals surface area contributed by atoms with Crippen LogP contribution in [0.3, 0.4) is 0 Å². The third kappa shape index (κ3) is 3.30. The average Bonchev–Trinajstić information content (AvgIpc) is 2.21. The van der Waals surface area contributed by atoms with E-state index in [2.05, 4.69) is 15.9 Å². The minimum atomic E-state index is -5.14. The van der Waals surface area contributed by atoms with Crippen molar-refractivity contribution in [2.24, 2.45) is 0 Å². The summed E-state index contributed by atoms with van der Waals surface area (Å²) in [6.45, 7) is -1.58. The molecule has 3 nitrogen and oxygen atoms in total. The monoisotopic (exact) mass is 353 g/mol. The van der Waals surface area contributed by atoms with Gasteiger partial charge in [0.2, 0.25) is 0 Å². The van der Waals surface area contributed by atoms with E-state index in [-0.39, 0.29) is 10.6 Å². The second kappa shape index (κ2) is 5.16. The van der Waals surface area contributed by atoms with Crippen LogP contribution in [0, 0.1) is 0 Å². The Morgan fingerprint density at radius 3 is 2.05 bits per heavy atom. The lowest BCUT2D eigenvalue weighted by Crippen LogP contribution is -2.32. The van der Waals surface area contributed by atoms with Gasteiger partial charge >= 0.3 is 12.4 Å². The van der Waals surface area contributed by atoms with Crippen LogP contribution in [0.2, 0.25) is 0 Å². The van der Waals surface area contributed by atoms with E-state index in [1.165, 1.54) is 0 Å². The molecule has 0 saturated carbocycles. The van der Waals surface area contributed by atoms with Crippen LogP contribution in [-0.2, 0) is 18.9 Å². The van der Waals surface area contributed by atoms with Crippen LogP contribution in [0.25, 0.3) is 0 Å². The molecule has 0 saturated heterocycles. The highest BCUT2D eigenvalue weighted by Gasteiger charge is 2.41. The van der Waals surface area contributed by atoms with Crippen molar-refractivity contribution < 1.29 is 31.4 Å². The molecule has 0 amide bonds. The van der Waals surface area contributed by atoms with Crippen molar-refractivity contribution in [1.82, 2.24) is 4.57 Å². The molecule has 0 aliphatic heterocycles. The number of halogens is 7. The molecule has 10 heteroatoms. The molecular weight excluding hydrogens is 348 g/mol. The van der Waals surface area contributed by atoms with Crippen molar-refractivity contribution in [1.29, 1.82) is 0 Å². The second-order valence-electron chi connectivity index (χ2n) is 3.43. The molecule has 0 aliphatic rings. The minimum absolute atomic E-state index is 0.0410. The number of rotatable bonds is 2. The van der Waals surface area contributed by atoms with Crippen LogP contribution >= 0.6 is 15.9 Å². The molecule has 1 rings (SSSR count). The lowest BCUT2D eigenvalue weighted by Gasteiger charge is -2.18. The zero-order chi connectivity index (χ0) is 15.0. The topological polar surface area (TPSA) is 42.2 Å². The highest BCUT2D eigenvalue weighted by Crippen LogP contribution is 2.37. The summed E-state index contributed by atoms with van der Waals surface area (Å²) in [6, 6.07) is -0.166. The van der Waals surface area contributed by atoms with Gasteiger partial charge < -0.3 is 9.67 Å². The molecule has 0 bridgehead atoms. The molecule has 108 valence electrons. The van der Waals surface area contributed by atoms with Gasteiger partial charge in [-0.2, -0.15) is 26.3 Å². The van der Waals surface area contributed by atoms with E-state index in [0.29, 0.717) is 0 Å². The molecule has 0 aliphatic carbocycles. The molecule has 0 spiro atoms. The van der Waals surface area contributed by atoms with Crippen LogP contribution in [0.1, 0.15) is 11.3 Å². The SMILES string of the molecule is O=c1c(Br)c(C(F)(F)F)cc(C(F)(F)F)n1CCO. The summed E-state index contributed by atoms with van der Waals surface area (Å²) in [5, 5.41) is 8.59. The van der Waals surface area contributed by atoms with Gasteiger partial charge in [0.1, 0.15) is 5.69 Å². The summed E-state index contributed by atoms with van der Waals surface area (Å²) in [7, 11) is 0. The standard InChI is InChI=1S/C9H6BrF6NO2/c10-6-4(8(11,12)13)3-5(9(14,15)16)17(1-2-18)7(6)19/h3,18H,1-2H2. The number of pyridine rings is 1. The molecule has 1 aromatic heterocycles. The molecular formula is C9H6BrF6NO2.